The molecule has 0 saturated heterocycles. The lowest BCUT2D eigenvalue weighted by Crippen LogP contribution is -2.21. The topological polar surface area (TPSA) is 133 Å². The van der Waals surface area contributed by atoms with E-state index < -0.39 is 11.5 Å². The Morgan fingerprint density at radius 3 is 2.68 bits per heavy atom. The molecule has 1 aromatic carbocycles. The lowest BCUT2D eigenvalue weighted by atomic mass is 10.1. The monoisotopic (exact) mass is 482 g/mol. The van der Waals surface area contributed by atoms with E-state index in [1.165, 1.54) is 13.2 Å². The number of hydrogen-bond donors (Lipinski definition) is 2. The zero-order valence-corrected chi connectivity index (χ0v) is 19.5. The van der Waals surface area contributed by atoms with Crippen molar-refractivity contribution in [3.8, 4) is 10.9 Å². The van der Waals surface area contributed by atoms with E-state index in [1.807, 2.05) is 43.3 Å². The highest BCUT2D eigenvalue weighted by Gasteiger charge is 2.21. The van der Waals surface area contributed by atoms with E-state index in [4.69, 9.17) is 13.9 Å². The largest absolute Gasteiger partial charge is 0.488 e. The molecule has 0 aliphatic heterocycles. The normalized spacial score (nSPS) is 11.7. The second-order valence-corrected chi connectivity index (χ2v) is 8.09. The summed E-state index contributed by atoms with van der Waals surface area (Å²) in [5, 5.41) is 18.7. The van der Waals surface area contributed by atoms with Gasteiger partial charge in [0, 0.05) is 25.1 Å². The van der Waals surface area contributed by atoms with E-state index in [9.17, 15) is 9.59 Å². The Morgan fingerprint density at radius 1 is 1.21 bits per heavy atom. The third-order valence-corrected chi connectivity index (χ3v) is 5.66. The van der Waals surface area contributed by atoms with Gasteiger partial charge in [0.15, 0.2) is 5.76 Å². The summed E-state index contributed by atoms with van der Waals surface area (Å²) < 4.78 is 17.3. The van der Waals surface area contributed by atoms with E-state index in [0.29, 0.717) is 17.4 Å². The Morgan fingerprint density at radius 2 is 2.00 bits per heavy atom. The standard InChI is InChI=1S/C22H22N6O5S/c1-13-9-10-23-28(13)22-27-26-21(34-22)25-19(29)17-11-15(18(32-3)20(30)33-17)24-16(12-31-2)14-7-5-4-6-8-14/h4-11,16,24H,12H2,1-3H3,(H,25,26,29)/t16-/m0/s1. The summed E-state index contributed by atoms with van der Waals surface area (Å²) in [6, 6.07) is 12.5. The molecule has 0 bridgehead atoms. The Kier molecular flexibility index (Phi) is 6.99. The quantitative estimate of drug-likeness (QED) is 0.369. The van der Waals surface area contributed by atoms with Crippen LogP contribution >= 0.6 is 11.3 Å². The van der Waals surface area contributed by atoms with Gasteiger partial charge in [0.05, 0.1) is 25.4 Å². The predicted octanol–water partition coefficient (Wildman–Crippen LogP) is 3.05. The van der Waals surface area contributed by atoms with Crippen LogP contribution in [0.4, 0.5) is 10.8 Å². The molecule has 3 heterocycles. The molecule has 0 aliphatic carbocycles. The molecular formula is C22H22N6O5S. The lowest BCUT2D eigenvalue weighted by Gasteiger charge is -2.21. The van der Waals surface area contributed by atoms with Gasteiger partial charge in [0.2, 0.25) is 16.0 Å². The molecule has 0 saturated carbocycles. The first-order chi connectivity index (χ1) is 16.5. The van der Waals surface area contributed by atoms with Gasteiger partial charge < -0.3 is 19.2 Å². The number of nitrogens with zero attached hydrogens (tertiary/aromatic N) is 4. The number of aromatic nitrogens is 4. The van der Waals surface area contributed by atoms with E-state index in [2.05, 4.69) is 25.9 Å². The molecule has 12 heteroatoms. The maximum Gasteiger partial charge on any atom is 0.381 e. The molecule has 3 aromatic heterocycles. The number of benzene rings is 1. The van der Waals surface area contributed by atoms with Gasteiger partial charge in [-0.2, -0.15) is 5.10 Å². The number of amides is 1. The van der Waals surface area contributed by atoms with Crippen LogP contribution in [-0.4, -0.2) is 46.7 Å². The first kappa shape index (κ1) is 23.1. The molecule has 0 radical (unpaired) electrons. The van der Waals surface area contributed by atoms with E-state index >= 15 is 0 Å². The van der Waals surface area contributed by atoms with Crippen LogP contribution in [0.5, 0.6) is 5.75 Å². The number of aryl methyl sites for hydroxylation is 1. The Labute approximate surface area is 198 Å². The smallest absolute Gasteiger partial charge is 0.381 e. The fraction of sp³-hybridized carbons (Fsp3) is 0.227. The Hall–Kier alpha value is -4.03. The van der Waals surface area contributed by atoms with Crippen molar-refractivity contribution < 1.29 is 18.7 Å². The van der Waals surface area contributed by atoms with E-state index in [0.717, 1.165) is 22.6 Å². The van der Waals surface area contributed by atoms with Crippen LogP contribution in [0.25, 0.3) is 5.13 Å². The number of ether oxygens (including phenoxy) is 2. The summed E-state index contributed by atoms with van der Waals surface area (Å²) >= 11 is 1.13. The highest BCUT2D eigenvalue weighted by Crippen LogP contribution is 2.28. The fourth-order valence-electron chi connectivity index (χ4n) is 3.24. The summed E-state index contributed by atoms with van der Waals surface area (Å²) in [5.74, 6) is -0.934. The van der Waals surface area contributed by atoms with Gasteiger partial charge in [-0.15, -0.1) is 10.2 Å². The Balaban J connectivity index is 1.59. The minimum absolute atomic E-state index is 0.0547. The van der Waals surface area contributed by atoms with Crippen LogP contribution in [0.1, 0.15) is 27.9 Å². The van der Waals surface area contributed by atoms with Gasteiger partial charge >= 0.3 is 5.63 Å². The number of methoxy groups -OCH3 is 2. The minimum atomic E-state index is -0.799. The molecule has 1 amide bonds. The summed E-state index contributed by atoms with van der Waals surface area (Å²) in [5.41, 5.74) is 1.29. The number of carbonyl (C=O) groups excluding carboxylic acids is 1. The van der Waals surface area contributed by atoms with Crippen molar-refractivity contribution in [2.45, 2.75) is 13.0 Å². The average molecular weight is 483 g/mol. The highest BCUT2D eigenvalue weighted by atomic mass is 32.1. The number of nitrogens with one attached hydrogen (secondary N) is 2. The molecule has 0 spiro atoms. The first-order valence-corrected chi connectivity index (χ1v) is 11.0. The SMILES string of the molecule is COC[C@H](Nc1cc(C(=O)Nc2nnc(-n3nccc3C)s2)oc(=O)c1OC)c1ccccc1. The zero-order chi connectivity index (χ0) is 24.1. The van der Waals surface area contributed by atoms with Crippen LogP contribution in [0.2, 0.25) is 0 Å². The van der Waals surface area contributed by atoms with Gasteiger partial charge in [0.25, 0.3) is 5.91 Å². The van der Waals surface area contributed by atoms with Gasteiger partial charge in [-0.3, -0.25) is 10.1 Å². The van der Waals surface area contributed by atoms with Crippen molar-refractivity contribution in [1.29, 1.82) is 0 Å². The molecule has 0 fully saturated rings. The molecule has 4 rings (SSSR count). The van der Waals surface area contributed by atoms with Crippen molar-refractivity contribution in [3.05, 3.63) is 76.1 Å². The maximum atomic E-state index is 12.8. The van der Waals surface area contributed by atoms with Crippen molar-refractivity contribution in [1.82, 2.24) is 20.0 Å². The minimum Gasteiger partial charge on any atom is -0.488 e. The van der Waals surface area contributed by atoms with E-state index in [-0.39, 0.29) is 22.7 Å². The second-order valence-electron chi connectivity index (χ2n) is 7.14. The van der Waals surface area contributed by atoms with Crippen LogP contribution < -0.4 is 21.0 Å². The Bertz CT molecular complexity index is 1330. The third-order valence-electron chi connectivity index (χ3n) is 4.85. The van der Waals surface area contributed by atoms with Gasteiger partial charge in [0.1, 0.15) is 0 Å². The van der Waals surface area contributed by atoms with Gasteiger partial charge in [-0.1, -0.05) is 41.7 Å². The van der Waals surface area contributed by atoms with Crippen molar-refractivity contribution in [2.75, 3.05) is 31.5 Å². The molecule has 34 heavy (non-hydrogen) atoms. The van der Waals surface area contributed by atoms with Crippen molar-refractivity contribution >= 4 is 28.1 Å². The molecular weight excluding hydrogens is 460 g/mol. The molecule has 1 atom stereocenters. The highest BCUT2D eigenvalue weighted by molar-refractivity contribution is 7.17. The maximum absolute atomic E-state index is 12.8. The third kappa shape index (κ3) is 4.97. The number of anilines is 2. The summed E-state index contributed by atoms with van der Waals surface area (Å²) in [4.78, 5) is 25.4. The van der Waals surface area contributed by atoms with Crippen molar-refractivity contribution in [3.63, 3.8) is 0 Å². The predicted molar refractivity (Wildman–Crippen MR) is 126 cm³/mol. The van der Waals surface area contributed by atoms with Crippen LogP contribution in [-0.2, 0) is 4.74 Å². The lowest BCUT2D eigenvalue weighted by molar-refractivity contribution is 0.0991. The first-order valence-electron chi connectivity index (χ1n) is 10.2. The van der Waals surface area contributed by atoms with Crippen LogP contribution in [0.3, 0.4) is 0 Å². The summed E-state index contributed by atoms with van der Waals surface area (Å²) in [6.07, 6.45) is 1.64. The molecule has 0 aliphatic rings. The number of carbonyl (C=O) groups is 1. The molecule has 4 aromatic rings. The van der Waals surface area contributed by atoms with Crippen LogP contribution in [0.15, 0.2) is 57.9 Å². The molecule has 2 N–H and O–H groups in total. The average Bonchev–Trinajstić information content (AvgIpc) is 3.47. The van der Waals surface area contributed by atoms with Crippen LogP contribution in [0, 0.1) is 6.92 Å². The van der Waals surface area contributed by atoms with E-state index in [1.54, 1.807) is 18.0 Å². The summed E-state index contributed by atoms with van der Waals surface area (Å²) in [7, 11) is 2.93. The van der Waals surface area contributed by atoms with Gasteiger partial charge in [-0.05, 0) is 18.6 Å². The molecule has 0 unspecified atom stereocenters. The number of hydrogen-bond acceptors (Lipinski definition) is 10. The molecule has 176 valence electrons. The zero-order valence-electron chi connectivity index (χ0n) is 18.6. The molecule has 11 nitrogen and oxygen atoms in total. The fourth-order valence-corrected chi connectivity index (χ4v) is 3.99. The number of rotatable bonds is 9. The van der Waals surface area contributed by atoms with Gasteiger partial charge in [-0.25, -0.2) is 9.48 Å². The summed E-state index contributed by atoms with van der Waals surface area (Å²) in [6.45, 7) is 2.19. The van der Waals surface area contributed by atoms with Crippen molar-refractivity contribution in [2.24, 2.45) is 0 Å². The second kappa shape index (κ2) is 10.3.